The summed E-state index contributed by atoms with van der Waals surface area (Å²) in [6.07, 6.45) is 9.18. The standard InChI is InChI=1S/C23H29N5O4S/c29-21(26-19-2-1-3-20(9-19)33(30,31)27-4-6-32-7-5-27)22-10-17-8-18(11-22)13-23(12-17,14-22)28-16-24-15-25-28/h1-3,9,15-18H,4-8,10-14H2,(H,26,29)/t17-,18-,22?,23?/m1/s1. The Labute approximate surface area is 193 Å². The highest BCUT2D eigenvalue weighted by Crippen LogP contribution is 2.64. The van der Waals surface area contributed by atoms with Crippen molar-refractivity contribution in [3.8, 4) is 0 Å². The third kappa shape index (κ3) is 3.50. The van der Waals surface area contributed by atoms with Gasteiger partial charge in [-0.05, 0) is 68.6 Å². The Morgan fingerprint density at radius 1 is 1.12 bits per heavy atom. The van der Waals surface area contributed by atoms with Crippen molar-refractivity contribution in [1.29, 1.82) is 0 Å². The molecule has 5 fully saturated rings. The lowest BCUT2D eigenvalue weighted by Gasteiger charge is -2.60. The van der Waals surface area contributed by atoms with Crippen LogP contribution in [0.15, 0.2) is 41.8 Å². The fourth-order valence-corrected chi connectivity index (χ4v) is 8.59. The average Bonchev–Trinajstić information content (AvgIpc) is 3.35. The van der Waals surface area contributed by atoms with Crippen molar-refractivity contribution >= 4 is 21.6 Å². The van der Waals surface area contributed by atoms with Crippen molar-refractivity contribution in [2.75, 3.05) is 31.6 Å². The van der Waals surface area contributed by atoms with Crippen LogP contribution in [0.2, 0.25) is 0 Å². The molecule has 176 valence electrons. The minimum Gasteiger partial charge on any atom is -0.379 e. The minimum absolute atomic E-state index is 0.00186. The Balaban J connectivity index is 1.26. The number of amides is 1. The first-order chi connectivity index (χ1) is 15.9. The van der Waals surface area contributed by atoms with Crippen molar-refractivity contribution in [2.24, 2.45) is 17.3 Å². The maximum atomic E-state index is 13.7. The van der Waals surface area contributed by atoms with E-state index in [4.69, 9.17) is 4.74 Å². The normalized spacial score (nSPS) is 33.8. The second kappa shape index (κ2) is 7.61. The number of hydrogen-bond donors (Lipinski definition) is 1. The summed E-state index contributed by atoms with van der Waals surface area (Å²) in [5.74, 6) is 1.02. The Hall–Kier alpha value is -2.30. The van der Waals surface area contributed by atoms with Crippen LogP contribution in [0.5, 0.6) is 0 Å². The molecule has 1 amide bonds. The average molecular weight is 472 g/mol. The molecule has 33 heavy (non-hydrogen) atoms. The number of aromatic nitrogens is 3. The molecular weight excluding hydrogens is 442 g/mol. The molecule has 2 aromatic rings. The van der Waals surface area contributed by atoms with Gasteiger partial charge in [-0.1, -0.05) is 6.07 Å². The lowest BCUT2D eigenvalue weighted by atomic mass is 9.46. The smallest absolute Gasteiger partial charge is 0.243 e. The van der Waals surface area contributed by atoms with Crippen LogP contribution in [0, 0.1) is 17.3 Å². The highest BCUT2D eigenvalue weighted by atomic mass is 32.2. The minimum atomic E-state index is -3.62. The summed E-state index contributed by atoms with van der Waals surface area (Å²) in [5, 5.41) is 7.54. The van der Waals surface area contributed by atoms with Crippen molar-refractivity contribution in [2.45, 2.75) is 49.0 Å². The molecule has 10 heteroatoms. The summed E-state index contributed by atoms with van der Waals surface area (Å²) in [5.41, 5.74) is -0.0611. The third-order valence-corrected chi connectivity index (χ3v) is 10.0. The fourth-order valence-electron chi connectivity index (χ4n) is 7.14. The lowest BCUT2D eigenvalue weighted by Crippen LogP contribution is -2.60. The van der Waals surface area contributed by atoms with Gasteiger partial charge in [0.2, 0.25) is 15.9 Å². The van der Waals surface area contributed by atoms with E-state index in [1.807, 2.05) is 4.68 Å². The Bertz CT molecular complexity index is 1150. The number of nitrogens with one attached hydrogen (secondary N) is 1. The van der Waals surface area contributed by atoms with E-state index < -0.39 is 15.4 Å². The predicted octanol–water partition coefficient (Wildman–Crippen LogP) is 2.23. The summed E-state index contributed by atoms with van der Waals surface area (Å²) in [6.45, 7) is 1.48. The van der Waals surface area contributed by atoms with Gasteiger partial charge in [0.25, 0.3) is 0 Å². The van der Waals surface area contributed by atoms with Crippen LogP contribution in [0.3, 0.4) is 0 Å². The summed E-state index contributed by atoms with van der Waals surface area (Å²) in [4.78, 5) is 18.1. The van der Waals surface area contributed by atoms with Crippen molar-refractivity contribution in [3.63, 3.8) is 0 Å². The first-order valence-corrected chi connectivity index (χ1v) is 13.2. The summed E-state index contributed by atoms with van der Waals surface area (Å²) >= 11 is 0. The molecule has 1 saturated heterocycles. The molecule has 9 nitrogen and oxygen atoms in total. The van der Waals surface area contributed by atoms with E-state index in [9.17, 15) is 13.2 Å². The van der Waals surface area contributed by atoms with Crippen molar-refractivity contribution < 1.29 is 17.9 Å². The zero-order valence-corrected chi connectivity index (χ0v) is 19.3. The molecule has 1 aliphatic heterocycles. The van der Waals surface area contributed by atoms with Gasteiger partial charge in [-0.25, -0.2) is 18.1 Å². The predicted molar refractivity (Wildman–Crippen MR) is 120 cm³/mol. The fraction of sp³-hybridized carbons (Fsp3) is 0.609. The van der Waals surface area contributed by atoms with Crippen LogP contribution in [0.1, 0.15) is 38.5 Å². The molecule has 1 aromatic heterocycles. The van der Waals surface area contributed by atoms with E-state index in [1.54, 1.807) is 36.9 Å². The highest BCUT2D eigenvalue weighted by Gasteiger charge is 2.61. The van der Waals surface area contributed by atoms with E-state index in [2.05, 4.69) is 15.4 Å². The molecule has 4 saturated carbocycles. The number of rotatable bonds is 5. The zero-order valence-electron chi connectivity index (χ0n) is 18.5. The van der Waals surface area contributed by atoms with Gasteiger partial charge in [0.1, 0.15) is 12.7 Å². The molecule has 0 radical (unpaired) electrons. The van der Waals surface area contributed by atoms with Crippen LogP contribution in [0.4, 0.5) is 5.69 Å². The third-order valence-electron chi connectivity index (χ3n) is 8.12. The first-order valence-electron chi connectivity index (χ1n) is 11.7. The van der Waals surface area contributed by atoms with Gasteiger partial charge in [0, 0.05) is 18.8 Å². The molecule has 2 heterocycles. The van der Waals surface area contributed by atoms with Gasteiger partial charge in [-0.2, -0.15) is 9.40 Å². The molecule has 4 bridgehead atoms. The maximum Gasteiger partial charge on any atom is 0.243 e. The van der Waals surface area contributed by atoms with Gasteiger partial charge in [0.05, 0.1) is 29.1 Å². The van der Waals surface area contributed by atoms with Crippen LogP contribution < -0.4 is 5.32 Å². The van der Waals surface area contributed by atoms with Crippen LogP contribution in [0.25, 0.3) is 0 Å². The summed E-state index contributed by atoms with van der Waals surface area (Å²) < 4.78 is 34.8. The Kier molecular flexibility index (Phi) is 4.90. The molecule has 0 spiro atoms. The number of carbonyl (C=O) groups excluding carboxylic acids is 1. The van der Waals surface area contributed by atoms with E-state index in [-0.39, 0.29) is 16.3 Å². The molecule has 1 aromatic carbocycles. The number of ether oxygens (including phenoxy) is 1. The number of anilines is 1. The topological polar surface area (TPSA) is 106 Å². The van der Waals surface area contributed by atoms with E-state index in [1.165, 1.54) is 10.7 Å². The van der Waals surface area contributed by atoms with Gasteiger partial charge in [-0.15, -0.1) is 0 Å². The van der Waals surface area contributed by atoms with E-state index >= 15 is 0 Å². The van der Waals surface area contributed by atoms with Gasteiger partial charge >= 0.3 is 0 Å². The van der Waals surface area contributed by atoms with E-state index in [0.29, 0.717) is 43.8 Å². The zero-order chi connectivity index (χ0) is 22.7. The second-order valence-electron chi connectivity index (χ2n) is 10.3. The van der Waals surface area contributed by atoms with Crippen LogP contribution in [-0.4, -0.2) is 59.7 Å². The summed E-state index contributed by atoms with van der Waals surface area (Å²) in [6, 6.07) is 6.63. The number of benzene rings is 1. The quantitative estimate of drug-likeness (QED) is 0.717. The number of nitrogens with zero attached hydrogens (tertiary/aromatic N) is 4. The number of sulfonamides is 1. The molecular formula is C23H29N5O4S. The van der Waals surface area contributed by atoms with Crippen molar-refractivity contribution in [3.05, 3.63) is 36.9 Å². The molecule has 2 atom stereocenters. The largest absolute Gasteiger partial charge is 0.379 e. The number of morpholine rings is 1. The highest BCUT2D eigenvalue weighted by molar-refractivity contribution is 7.89. The van der Waals surface area contributed by atoms with Crippen molar-refractivity contribution in [1.82, 2.24) is 19.1 Å². The van der Waals surface area contributed by atoms with Gasteiger partial charge in [-0.3, -0.25) is 4.79 Å². The first kappa shape index (κ1) is 21.2. The lowest BCUT2D eigenvalue weighted by molar-refractivity contribution is -0.150. The molecule has 1 N–H and O–H groups in total. The maximum absolute atomic E-state index is 13.7. The number of hydrogen-bond acceptors (Lipinski definition) is 6. The molecule has 7 rings (SSSR count). The Morgan fingerprint density at radius 2 is 1.88 bits per heavy atom. The van der Waals surface area contributed by atoms with Crippen LogP contribution >= 0.6 is 0 Å². The van der Waals surface area contributed by atoms with Crippen LogP contribution in [-0.2, 0) is 25.1 Å². The van der Waals surface area contributed by atoms with Gasteiger partial charge in [0.15, 0.2) is 0 Å². The van der Waals surface area contributed by atoms with E-state index in [0.717, 1.165) is 32.1 Å². The summed E-state index contributed by atoms with van der Waals surface area (Å²) in [7, 11) is -3.62. The van der Waals surface area contributed by atoms with Gasteiger partial charge < -0.3 is 10.1 Å². The monoisotopic (exact) mass is 471 g/mol. The molecule has 0 unspecified atom stereocenters. The molecule has 5 aliphatic rings. The Morgan fingerprint density at radius 3 is 2.58 bits per heavy atom. The molecule has 4 aliphatic carbocycles. The number of carbonyl (C=O) groups is 1. The second-order valence-corrected chi connectivity index (χ2v) is 12.2. The SMILES string of the molecule is O=C(Nc1cccc(S(=O)(=O)N2CCOCC2)c1)C12C[C@H]3C[C@H](C1)CC(n1cncn1)(C3)C2.